The van der Waals surface area contributed by atoms with E-state index in [1.807, 2.05) is 6.08 Å². The summed E-state index contributed by atoms with van der Waals surface area (Å²) < 4.78 is 10.9. The van der Waals surface area contributed by atoms with Gasteiger partial charge in [-0.3, -0.25) is 0 Å². The number of esters is 1. The zero-order valence-corrected chi connectivity index (χ0v) is 14.7. The molecule has 26 heavy (non-hydrogen) atoms. The molecule has 3 atom stereocenters. The van der Waals surface area contributed by atoms with Crippen LogP contribution >= 0.6 is 11.6 Å². The smallest absolute Gasteiger partial charge is 0.342 e. The molecule has 0 spiro atoms. The van der Waals surface area contributed by atoms with Gasteiger partial charge in [-0.15, -0.1) is 0 Å². The summed E-state index contributed by atoms with van der Waals surface area (Å²) in [7, 11) is 0. The maximum absolute atomic E-state index is 12.6. The van der Waals surface area contributed by atoms with Crippen LogP contribution in [0.2, 0.25) is 5.02 Å². The van der Waals surface area contributed by atoms with Crippen LogP contribution in [0.3, 0.4) is 0 Å². The van der Waals surface area contributed by atoms with Crippen LogP contribution in [-0.2, 0) is 15.9 Å². The molecule has 1 fully saturated rings. The van der Waals surface area contributed by atoms with Crippen molar-refractivity contribution in [1.82, 2.24) is 0 Å². The zero-order valence-electron chi connectivity index (χ0n) is 13.9. The van der Waals surface area contributed by atoms with E-state index >= 15 is 0 Å². The maximum atomic E-state index is 12.6. The molecule has 0 amide bonds. The molecule has 0 bridgehead atoms. The van der Waals surface area contributed by atoms with Gasteiger partial charge in [-0.25, -0.2) is 4.79 Å². The molecule has 138 valence electrons. The fraction of sp³-hybridized carbons (Fsp3) is 0.333. The number of fused-ring (bicyclic) bond motifs is 2. The van der Waals surface area contributed by atoms with Gasteiger partial charge in [-0.05, 0) is 18.6 Å². The average molecular weight is 380 g/mol. The highest BCUT2D eigenvalue weighted by Crippen LogP contribution is 2.37. The normalized spacial score (nSPS) is 29.8. The SMILES string of the molecule is C[C@@H]1C[C@H]2O[C@@H]2/C=C\C=C\C(=NO)Cc2c(Cl)c(O)cc(O)c2C(=O)O1. The number of rotatable bonds is 0. The van der Waals surface area contributed by atoms with Crippen molar-refractivity contribution in [2.45, 2.75) is 38.1 Å². The van der Waals surface area contributed by atoms with E-state index in [9.17, 15) is 20.2 Å². The van der Waals surface area contributed by atoms with Crippen molar-refractivity contribution in [1.29, 1.82) is 0 Å². The van der Waals surface area contributed by atoms with Gasteiger partial charge >= 0.3 is 5.97 Å². The summed E-state index contributed by atoms with van der Waals surface area (Å²) in [6.45, 7) is 1.73. The number of carbonyl (C=O) groups is 1. The quantitative estimate of drug-likeness (QED) is 0.276. The molecular formula is C18H18ClNO6. The van der Waals surface area contributed by atoms with Crippen molar-refractivity contribution < 1.29 is 29.7 Å². The Hall–Kier alpha value is -2.51. The second-order valence-corrected chi connectivity index (χ2v) is 6.56. The Morgan fingerprint density at radius 3 is 2.77 bits per heavy atom. The van der Waals surface area contributed by atoms with E-state index in [1.165, 1.54) is 6.08 Å². The minimum Gasteiger partial charge on any atom is -0.507 e. The van der Waals surface area contributed by atoms with Gasteiger partial charge in [0, 0.05) is 18.9 Å². The Morgan fingerprint density at radius 2 is 2.04 bits per heavy atom. The molecule has 3 N–H and O–H groups in total. The van der Waals surface area contributed by atoms with E-state index in [4.69, 9.17) is 21.1 Å². The highest BCUT2D eigenvalue weighted by molar-refractivity contribution is 6.33. The number of benzene rings is 1. The summed E-state index contributed by atoms with van der Waals surface area (Å²) >= 11 is 6.12. The van der Waals surface area contributed by atoms with Crippen molar-refractivity contribution in [3.8, 4) is 11.5 Å². The van der Waals surface area contributed by atoms with Crippen molar-refractivity contribution in [3.05, 3.63) is 46.5 Å². The number of epoxide rings is 1. The fourth-order valence-electron chi connectivity index (χ4n) is 2.86. The van der Waals surface area contributed by atoms with E-state index < -0.39 is 17.8 Å². The average Bonchev–Trinajstić information content (AvgIpc) is 3.31. The first-order valence-corrected chi connectivity index (χ1v) is 8.44. The Kier molecular flexibility index (Phi) is 5.20. The van der Waals surface area contributed by atoms with Gasteiger partial charge in [0.25, 0.3) is 0 Å². The summed E-state index contributed by atoms with van der Waals surface area (Å²) in [5.74, 6) is -1.63. The maximum Gasteiger partial charge on any atom is 0.342 e. The minimum absolute atomic E-state index is 0.0483. The molecule has 8 heteroatoms. The lowest BCUT2D eigenvalue weighted by Gasteiger charge is -2.17. The standard InChI is InChI=1S/C18H18ClNO6/c1-9-6-15-14(26-15)5-3-2-4-10(20-24)7-11-16(18(23)25-9)12(21)8-13(22)17(11)19/h2-5,8-9,14-15,21-22,24H,6-7H2,1H3/b4-2+,5-3-,20-10?/t9-,14-,15-/m1/s1. The van der Waals surface area contributed by atoms with Crippen LogP contribution in [0.25, 0.3) is 0 Å². The molecule has 3 rings (SSSR count). The number of hydrogen-bond donors (Lipinski definition) is 3. The lowest BCUT2D eigenvalue weighted by molar-refractivity contribution is 0.0306. The molecule has 0 saturated carbocycles. The van der Waals surface area contributed by atoms with Crippen LogP contribution in [-0.4, -0.2) is 45.4 Å². The molecule has 0 aliphatic carbocycles. The lowest BCUT2D eigenvalue weighted by Crippen LogP contribution is -2.19. The molecule has 2 aliphatic heterocycles. The second kappa shape index (κ2) is 7.39. The molecule has 0 aromatic heterocycles. The highest BCUT2D eigenvalue weighted by Gasteiger charge is 2.38. The number of phenolic OH excluding ortho intramolecular Hbond substituents is 2. The van der Waals surface area contributed by atoms with Crippen LogP contribution in [0.4, 0.5) is 0 Å². The molecule has 0 radical (unpaired) electrons. The number of carbonyl (C=O) groups excluding carboxylic acids is 1. The fourth-order valence-corrected chi connectivity index (χ4v) is 3.07. The van der Waals surface area contributed by atoms with Crippen LogP contribution in [0.15, 0.2) is 35.5 Å². The van der Waals surface area contributed by atoms with Crippen molar-refractivity contribution in [3.63, 3.8) is 0 Å². The van der Waals surface area contributed by atoms with Crippen LogP contribution in [0.5, 0.6) is 11.5 Å². The molecule has 0 unspecified atom stereocenters. The monoisotopic (exact) mass is 379 g/mol. The molecule has 1 saturated heterocycles. The van der Waals surface area contributed by atoms with Gasteiger partial charge in [0.1, 0.15) is 29.3 Å². The van der Waals surface area contributed by atoms with Gasteiger partial charge in [0.05, 0.1) is 16.8 Å². The number of ether oxygens (including phenoxy) is 2. The molecule has 2 aliphatic rings. The number of hydrogen-bond acceptors (Lipinski definition) is 7. The van der Waals surface area contributed by atoms with Crippen molar-refractivity contribution in [2.24, 2.45) is 5.16 Å². The third-order valence-corrected chi connectivity index (χ3v) is 4.63. The summed E-state index contributed by atoms with van der Waals surface area (Å²) in [5, 5.41) is 32.3. The number of cyclic esters (lactones) is 1. The molecule has 1 aromatic carbocycles. The first-order valence-electron chi connectivity index (χ1n) is 8.06. The highest BCUT2D eigenvalue weighted by atomic mass is 35.5. The molecular weight excluding hydrogens is 362 g/mol. The van der Waals surface area contributed by atoms with E-state index in [2.05, 4.69) is 5.16 Å². The Labute approximate surface area is 154 Å². The molecule has 1 aromatic rings. The van der Waals surface area contributed by atoms with Crippen LogP contribution in [0, 0.1) is 0 Å². The summed E-state index contributed by atoms with van der Waals surface area (Å²) in [4.78, 5) is 12.6. The predicted molar refractivity (Wildman–Crippen MR) is 94.1 cm³/mol. The molecule has 2 heterocycles. The second-order valence-electron chi connectivity index (χ2n) is 6.19. The third-order valence-electron chi connectivity index (χ3n) is 4.21. The number of halogens is 1. The predicted octanol–water partition coefficient (Wildman–Crippen LogP) is 2.95. The number of nitrogens with zero attached hydrogens (tertiary/aromatic N) is 1. The topological polar surface area (TPSA) is 112 Å². The summed E-state index contributed by atoms with van der Waals surface area (Å²) in [5.41, 5.74) is 0.115. The largest absolute Gasteiger partial charge is 0.507 e. The third kappa shape index (κ3) is 3.84. The first-order chi connectivity index (χ1) is 12.4. The summed E-state index contributed by atoms with van der Waals surface area (Å²) in [6.07, 6.45) is 6.68. The van der Waals surface area contributed by atoms with Gasteiger partial charge in [-0.2, -0.15) is 0 Å². The minimum atomic E-state index is -0.780. The van der Waals surface area contributed by atoms with Crippen LogP contribution < -0.4 is 0 Å². The Morgan fingerprint density at radius 1 is 1.27 bits per heavy atom. The zero-order chi connectivity index (χ0) is 18.8. The van der Waals surface area contributed by atoms with E-state index in [1.54, 1.807) is 19.1 Å². The molecule has 7 nitrogen and oxygen atoms in total. The van der Waals surface area contributed by atoms with E-state index in [0.29, 0.717) is 6.42 Å². The van der Waals surface area contributed by atoms with Gasteiger partial charge in [0.15, 0.2) is 0 Å². The number of allylic oxidation sites excluding steroid dienone is 3. The van der Waals surface area contributed by atoms with E-state index in [-0.39, 0.29) is 46.2 Å². The number of phenols is 2. The number of oxime groups is 1. The lowest BCUT2D eigenvalue weighted by atomic mass is 9.99. The van der Waals surface area contributed by atoms with Gasteiger partial charge in [0.2, 0.25) is 0 Å². The number of aromatic hydroxyl groups is 2. The van der Waals surface area contributed by atoms with Gasteiger partial charge < -0.3 is 24.9 Å². The Balaban J connectivity index is 2.05. The van der Waals surface area contributed by atoms with Crippen molar-refractivity contribution >= 4 is 23.3 Å². The summed E-state index contributed by atoms with van der Waals surface area (Å²) in [6, 6.07) is 0.977. The van der Waals surface area contributed by atoms with Crippen LogP contribution in [0.1, 0.15) is 29.3 Å². The van der Waals surface area contributed by atoms with Crippen molar-refractivity contribution in [2.75, 3.05) is 0 Å². The van der Waals surface area contributed by atoms with Gasteiger partial charge in [-0.1, -0.05) is 35.0 Å². The first kappa shape index (κ1) is 18.3. The Bertz CT molecular complexity index is 816. The van der Waals surface area contributed by atoms with E-state index in [0.717, 1.165) is 6.07 Å².